The second-order valence-corrected chi connectivity index (χ2v) is 5.99. The lowest BCUT2D eigenvalue weighted by Gasteiger charge is -2.13. The van der Waals surface area contributed by atoms with Gasteiger partial charge in [0.05, 0.1) is 0 Å². The zero-order valence-electron chi connectivity index (χ0n) is 12.1. The Bertz CT molecular complexity index is 858. The number of halogens is 1. The number of aromatic amines is 1. The first-order chi connectivity index (χ1) is 10.6. The van der Waals surface area contributed by atoms with Gasteiger partial charge in [-0.1, -0.05) is 30.8 Å². The molecule has 0 radical (unpaired) electrons. The number of nitrogens with zero attached hydrogens (tertiary/aromatic N) is 4. The second-order valence-electron chi connectivity index (χ2n) is 4.82. The topological polar surface area (TPSA) is 75.9 Å². The van der Waals surface area contributed by atoms with Crippen molar-refractivity contribution in [2.45, 2.75) is 30.7 Å². The fraction of sp³-hybridized carbons (Fsp3) is 0.286. The molecule has 22 heavy (non-hydrogen) atoms. The van der Waals surface area contributed by atoms with Crippen LogP contribution in [-0.2, 0) is 0 Å². The van der Waals surface area contributed by atoms with E-state index in [2.05, 4.69) is 20.3 Å². The van der Waals surface area contributed by atoms with Crippen LogP contribution >= 0.6 is 11.8 Å². The number of hydrogen-bond acceptors (Lipinski definition) is 5. The van der Waals surface area contributed by atoms with Crippen LogP contribution in [0.15, 0.2) is 34.2 Å². The largest absolute Gasteiger partial charge is 0.288 e. The summed E-state index contributed by atoms with van der Waals surface area (Å²) >= 11 is 1.48. The number of aryl methyl sites for hydroxylation is 1. The van der Waals surface area contributed by atoms with E-state index < -0.39 is 0 Å². The third-order valence-electron chi connectivity index (χ3n) is 3.28. The van der Waals surface area contributed by atoms with E-state index in [1.54, 1.807) is 19.1 Å². The summed E-state index contributed by atoms with van der Waals surface area (Å²) in [5.74, 6) is 0.0541. The zero-order chi connectivity index (χ0) is 15.7. The Balaban J connectivity index is 1.95. The third-order valence-corrected chi connectivity index (χ3v) is 4.63. The van der Waals surface area contributed by atoms with Crippen molar-refractivity contribution in [3.8, 4) is 0 Å². The van der Waals surface area contributed by atoms with Crippen molar-refractivity contribution in [2.75, 3.05) is 0 Å². The Morgan fingerprint density at radius 3 is 2.73 bits per heavy atom. The van der Waals surface area contributed by atoms with Crippen LogP contribution in [-0.4, -0.2) is 24.8 Å². The standard InChI is InChI=1S/C14H14FN5OS/c1-3-11(9-4-6-10(15)7-5-9)22-14-18-17-13-16-12(21)8(2)19-20(13)14/h4-7,11H,3H2,1-2H3,(H,16,17,21)/t11-/m0/s1. The van der Waals surface area contributed by atoms with E-state index in [9.17, 15) is 9.18 Å². The summed E-state index contributed by atoms with van der Waals surface area (Å²) in [4.78, 5) is 14.2. The lowest BCUT2D eigenvalue weighted by Crippen LogP contribution is -2.15. The summed E-state index contributed by atoms with van der Waals surface area (Å²) in [6.45, 7) is 3.68. The molecule has 3 rings (SSSR count). The van der Waals surface area contributed by atoms with Gasteiger partial charge in [-0.05, 0) is 31.0 Å². The average Bonchev–Trinajstić information content (AvgIpc) is 2.88. The number of rotatable bonds is 4. The summed E-state index contributed by atoms with van der Waals surface area (Å²) in [6, 6.07) is 6.42. The molecule has 1 aromatic carbocycles. The molecule has 0 aliphatic heterocycles. The van der Waals surface area contributed by atoms with Gasteiger partial charge in [-0.2, -0.15) is 9.61 Å². The van der Waals surface area contributed by atoms with Gasteiger partial charge in [0.15, 0.2) is 0 Å². The van der Waals surface area contributed by atoms with E-state index in [1.807, 2.05) is 6.92 Å². The normalized spacial score (nSPS) is 12.7. The van der Waals surface area contributed by atoms with Gasteiger partial charge in [-0.15, -0.1) is 10.2 Å². The molecule has 0 fully saturated rings. The van der Waals surface area contributed by atoms with Crippen molar-refractivity contribution in [2.24, 2.45) is 0 Å². The molecule has 0 unspecified atom stereocenters. The van der Waals surface area contributed by atoms with Gasteiger partial charge in [0, 0.05) is 5.25 Å². The molecule has 8 heteroatoms. The Morgan fingerprint density at radius 1 is 1.32 bits per heavy atom. The molecule has 0 saturated carbocycles. The maximum absolute atomic E-state index is 13.0. The highest BCUT2D eigenvalue weighted by Gasteiger charge is 2.17. The molecule has 1 N–H and O–H groups in total. The Labute approximate surface area is 129 Å². The van der Waals surface area contributed by atoms with Crippen molar-refractivity contribution in [3.05, 3.63) is 51.7 Å². The highest BCUT2D eigenvalue weighted by Crippen LogP contribution is 2.36. The van der Waals surface area contributed by atoms with Gasteiger partial charge in [-0.3, -0.25) is 9.78 Å². The van der Waals surface area contributed by atoms with Gasteiger partial charge in [0.2, 0.25) is 5.16 Å². The first-order valence-electron chi connectivity index (χ1n) is 6.83. The fourth-order valence-corrected chi connectivity index (χ4v) is 3.12. The molecular formula is C14H14FN5OS. The monoisotopic (exact) mass is 319 g/mol. The summed E-state index contributed by atoms with van der Waals surface area (Å²) < 4.78 is 14.6. The van der Waals surface area contributed by atoms with Crippen molar-refractivity contribution in [1.82, 2.24) is 24.8 Å². The van der Waals surface area contributed by atoms with E-state index in [1.165, 1.54) is 28.4 Å². The Hall–Kier alpha value is -2.22. The number of nitrogens with one attached hydrogen (secondary N) is 1. The van der Waals surface area contributed by atoms with Crippen molar-refractivity contribution in [1.29, 1.82) is 0 Å². The molecule has 3 aromatic rings. The minimum absolute atomic E-state index is 0.0991. The smallest absolute Gasteiger partial charge is 0.273 e. The molecule has 0 saturated heterocycles. The molecule has 114 valence electrons. The first-order valence-corrected chi connectivity index (χ1v) is 7.71. The SMILES string of the molecule is CC[C@H](Sc1nnc2[nH]c(=O)c(C)nn12)c1ccc(F)cc1. The van der Waals surface area contributed by atoms with Crippen LogP contribution in [0, 0.1) is 12.7 Å². The van der Waals surface area contributed by atoms with E-state index in [0.717, 1.165) is 12.0 Å². The predicted octanol–water partition coefficient (Wildman–Crippen LogP) is 2.50. The van der Waals surface area contributed by atoms with E-state index in [-0.39, 0.29) is 16.6 Å². The van der Waals surface area contributed by atoms with Gasteiger partial charge in [0.1, 0.15) is 11.5 Å². The predicted molar refractivity (Wildman–Crippen MR) is 81.4 cm³/mol. The van der Waals surface area contributed by atoms with Crippen molar-refractivity contribution in [3.63, 3.8) is 0 Å². The van der Waals surface area contributed by atoms with Crippen LogP contribution in [0.25, 0.3) is 5.78 Å². The molecule has 1 atom stereocenters. The van der Waals surface area contributed by atoms with Crippen LogP contribution in [0.2, 0.25) is 0 Å². The summed E-state index contributed by atoms with van der Waals surface area (Å²) in [5.41, 5.74) is 1.08. The molecule has 0 aliphatic carbocycles. The molecule has 6 nitrogen and oxygen atoms in total. The molecule has 0 aliphatic rings. The van der Waals surface area contributed by atoms with E-state index in [0.29, 0.717) is 16.6 Å². The summed E-state index contributed by atoms with van der Waals surface area (Å²) in [6.07, 6.45) is 0.841. The van der Waals surface area contributed by atoms with Crippen LogP contribution in [0.4, 0.5) is 4.39 Å². The van der Waals surface area contributed by atoms with E-state index >= 15 is 0 Å². The average molecular weight is 319 g/mol. The highest BCUT2D eigenvalue weighted by atomic mass is 32.2. The zero-order valence-corrected chi connectivity index (χ0v) is 12.9. The first kappa shape index (κ1) is 14.7. The van der Waals surface area contributed by atoms with Gasteiger partial charge in [0.25, 0.3) is 11.3 Å². The lowest BCUT2D eigenvalue weighted by molar-refractivity contribution is 0.626. The quantitative estimate of drug-likeness (QED) is 0.748. The minimum atomic E-state index is -0.276. The number of fused-ring (bicyclic) bond motifs is 1. The Kier molecular flexibility index (Phi) is 3.93. The molecule has 2 heterocycles. The highest BCUT2D eigenvalue weighted by molar-refractivity contribution is 7.99. The van der Waals surface area contributed by atoms with Crippen molar-refractivity contribution >= 4 is 17.5 Å². The second kappa shape index (κ2) is 5.88. The van der Waals surface area contributed by atoms with E-state index in [4.69, 9.17) is 0 Å². The van der Waals surface area contributed by atoms with Gasteiger partial charge >= 0.3 is 0 Å². The molecule has 0 spiro atoms. The summed E-state index contributed by atoms with van der Waals surface area (Å²) in [7, 11) is 0. The van der Waals surface area contributed by atoms with Crippen LogP contribution in [0.3, 0.4) is 0 Å². The van der Waals surface area contributed by atoms with Gasteiger partial charge in [-0.25, -0.2) is 4.39 Å². The maximum atomic E-state index is 13.0. The van der Waals surface area contributed by atoms with Crippen LogP contribution in [0.1, 0.15) is 29.9 Å². The number of aromatic nitrogens is 5. The summed E-state index contributed by atoms with van der Waals surface area (Å²) in [5, 5.41) is 12.9. The third kappa shape index (κ3) is 2.74. The molecule has 2 aromatic heterocycles. The molecular weight excluding hydrogens is 305 g/mol. The number of H-pyrrole nitrogens is 1. The lowest BCUT2D eigenvalue weighted by atomic mass is 10.1. The number of thioether (sulfide) groups is 1. The van der Waals surface area contributed by atoms with Crippen molar-refractivity contribution < 1.29 is 4.39 Å². The minimum Gasteiger partial charge on any atom is -0.288 e. The maximum Gasteiger partial charge on any atom is 0.273 e. The Morgan fingerprint density at radius 2 is 2.05 bits per heavy atom. The fourth-order valence-electron chi connectivity index (χ4n) is 2.09. The molecule has 0 bridgehead atoms. The van der Waals surface area contributed by atoms with Gasteiger partial charge < -0.3 is 0 Å². The molecule has 0 amide bonds. The van der Waals surface area contributed by atoms with Crippen LogP contribution in [0.5, 0.6) is 0 Å². The number of benzene rings is 1. The van der Waals surface area contributed by atoms with Crippen LogP contribution < -0.4 is 5.56 Å². The number of hydrogen-bond donors (Lipinski definition) is 1.